The number of carbonyl (C=O) groups excluding carboxylic acids is 1. The quantitative estimate of drug-likeness (QED) is 0.724. The Morgan fingerprint density at radius 2 is 1.90 bits per heavy atom. The van der Waals surface area contributed by atoms with Gasteiger partial charge in [0.1, 0.15) is 0 Å². The summed E-state index contributed by atoms with van der Waals surface area (Å²) in [5.74, 6) is 0.0284. The Morgan fingerprint density at radius 1 is 1.29 bits per heavy atom. The molecular weight excluding hydrogens is 266 g/mol. The highest BCUT2D eigenvalue weighted by molar-refractivity contribution is 5.77. The Kier molecular flexibility index (Phi) is 7.36. The zero-order valence-electron chi connectivity index (χ0n) is 13.2. The first kappa shape index (κ1) is 17.6. The minimum absolute atomic E-state index is 0.0284. The van der Waals surface area contributed by atoms with E-state index in [1.54, 1.807) is 19.0 Å². The molecule has 0 aliphatic carbocycles. The van der Waals surface area contributed by atoms with Gasteiger partial charge in [0.15, 0.2) is 0 Å². The van der Waals surface area contributed by atoms with Gasteiger partial charge in [0.25, 0.3) is 0 Å². The molecule has 0 aromatic heterocycles. The average Bonchev–Trinajstić information content (AvgIpc) is 2.47. The number of hydrogen-bond donors (Lipinski definition) is 2. The molecule has 1 rings (SSSR count). The SMILES string of the molecule is CCN(CC(=O)N(C)C)CC(O)C(N)Cc1ccccc1. The first-order valence-corrected chi connectivity index (χ1v) is 7.34. The van der Waals surface area contributed by atoms with Gasteiger partial charge in [-0.3, -0.25) is 9.69 Å². The van der Waals surface area contributed by atoms with Crippen molar-refractivity contribution in [2.45, 2.75) is 25.5 Å². The lowest BCUT2D eigenvalue weighted by Crippen LogP contribution is -2.47. The molecule has 118 valence electrons. The molecule has 5 nitrogen and oxygen atoms in total. The number of aliphatic hydroxyl groups excluding tert-OH is 1. The lowest BCUT2D eigenvalue weighted by molar-refractivity contribution is -0.130. The van der Waals surface area contributed by atoms with Crippen LogP contribution in [0.2, 0.25) is 0 Å². The van der Waals surface area contributed by atoms with E-state index in [-0.39, 0.29) is 11.9 Å². The summed E-state index contributed by atoms with van der Waals surface area (Å²) in [6, 6.07) is 9.54. The van der Waals surface area contributed by atoms with Crippen LogP contribution in [0.5, 0.6) is 0 Å². The Bertz CT molecular complexity index is 423. The van der Waals surface area contributed by atoms with Crippen LogP contribution >= 0.6 is 0 Å². The number of nitrogens with zero attached hydrogens (tertiary/aromatic N) is 2. The van der Waals surface area contributed by atoms with Crippen molar-refractivity contribution in [3.05, 3.63) is 35.9 Å². The normalized spacial score (nSPS) is 14.0. The maximum Gasteiger partial charge on any atom is 0.236 e. The number of amides is 1. The minimum atomic E-state index is -0.653. The van der Waals surface area contributed by atoms with Gasteiger partial charge in [0.05, 0.1) is 12.6 Å². The molecule has 1 aromatic rings. The summed E-state index contributed by atoms with van der Waals surface area (Å²) in [5.41, 5.74) is 7.18. The van der Waals surface area contributed by atoms with Crippen LogP contribution in [0.3, 0.4) is 0 Å². The maximum absolute atomic E-state index is 11.7. The minimum Gasteiger partial charge on any atom is -0.390 e. The number of aliphatic hydroxyl groups is 1. The van der Waals surface area contributed by atoms with Crippen LogP contribution in [0.1, 0.15) is 12.5 Å². The van der Waals surface area contributed by atoms with E-state index in [4.69, 9.17) is 5.73 Å². The van der Waals surface area contributed by atoms with Crippen molar-refractivity contribution in [3.8, 4) is 0 Å². The van der Waals surface area contributed by atoms with Crippen molar-refractivity contribution in [2.75, 3.05) is 33.7 Å². The smallest absolute Gasteiger partial charge is 0.236 e. The third kappa shape index (κ3) is 6.25. The fourth-order valence-electron chi connectivity index (χ4n) is 2.06. The Labute approximate surface area is 127 Å². The number of benzene rings is 1. The van der Waals surface area contributed by atoms with Gasteiger partial charge in [0, 0.05) is 26.7 Å². The van der Waals surface area contributed by atoms with Crippen molar-refractivity contribution in [1.29, 1.82) is 0 Å². The second kappa shape index (κ2) is 8.77. The predicted molar refractivity (Wildman–Crippen MR) is 84.9 cm³/mol. The fraction of sp³-hybridized carbons (Fsp3) is 0.562. The summed E-state index contributed by atoms with van der Waals surface area (Å²) < 4.78 is 0. The van der Waals surface area contributed by atoms with Crippen molar-refractivity contribution >= 4 is 5.91 Å². The molecule has 5 heteroatoms. The summed E-state index contributed by atoms with van der Waals surface area (Å²) in [6.07, 6.45) is -0.0265. The number of nitrogens with two attached hydrogens (primary N) is 1. The standard InChI is InChI=1S/C16H27N3O2/c1-4-19(12-16(21)18(2)3)11-15(20)14(17)10-13-8-6-5-7-9-13/h5-9,14-15,20H,4,10-12,17H2,1-3H3. The maximum atomic E-state index is 11.7. The third-order valence-electron chi connectivity index (χ3n) is 3.56. The highest BCUT2D eigenvalue weighted by atomic mass is 16.3. The van der Waals surface area contributed by atoms with Crippen LogP contribution in [0.15, 0.2) is 30.3 Å². The molecular formula is C16H27N3O2. The third-order valence-corrected chi connectivity index (χ3v) is 3.56. The van der Waals surface area contributed by atoms with Gasteiger partial charge in [-0.2, -0.15) is 0 Å². The molecule has 21 heavy (non-hydrogen) atoms. The van der Waals surface area contributed by atoms with E-state index in [1.165, 1.54) is 0 Å². The summed E-state index contributed by atoms with van der Waals surface area (Å²) >= 11 is 0. The lowest BCUT2D eigenvalue weighted by atomic mass is 10.0. The van der Waals surface area contributed by atoms with Crippen LogP contribution in [0.4, 0.5) is 0 Å². The van der Waals surface area contributed by atoms with Crippen LogP contribution in [-0.4, -0.2) is 66.7 Å². The number of carbonyl (C=O) groups is 1. The highest BCUT2D eigenvalue weighted by Gasteiger charge is 2.20. The van der Waals surface area contributed by atoms with Gasteiger partial charge in [-0.15, -0.1) is 0 Å². The first-order chi connectivity index (χ1) is 9.93. The summed E-state index contributed by atoms with van der Waals surface area (Å²) in [5, 5.41) is 10.2. The van der Waals surface area contributed by atoms with Crippen LogP contribution in [-0.2, 0) is 11.2 Å². The fourth-order valence-corrected chi connectivity index (χ4v) is 2.06. The van der Waals surface area contributed by atoms with E-state index in [9.17, 15) is 9.90 Å². The zero-order chi connectivity index (χ0) is 15.8. The van der Waals surface area contributed by atoms with Crippen molar-refractivity contribution in [1.82, 2.24) is 9.80 Å². The van der Waals surface area contributed by atoms with E-state index in [1.807, 2.05) is 42.2 Å². The molecule has 2 unspecified atom stereocenters. The lowest BCUT2D eigenvalue weighted by Gasteiger charge is -2.27. The first-order valence-electron chi connectivity index (χ1n) is 7.34. The molecule has 3 N–H and O–H groups in total. The average molecular weight is 293 g/mol. The van der Waals surface area contributed by atoms with E-state index in [0.717, 1.165) is 5.56 Å². The molecule has 0 saturated heterocycles. The van der Waals surface area contributed by atoms with Crippen LogP contribution < -0.4 is 5.73 Å². The second-order valence-electron chi connectivity index (χ2n) is 5.54. The zero-order valence-corrected chi connectivity index (χ0v) is 13.2. The summed E-state index contributed by atoms with van der Waals surface area (Å²) in [7, 11) is 3.46. The molecule has 0 saturated carbocycles. The molecule has 1 amide bonds. The van der Waals surface area contributed by atoms with Crippen molar-refractivity contribution < 1.29 is 9.90 Å². The van der Waals surface area contributed by atoms with Gasteiger partial charge in [-0.1, -0.05) is 37.3 Å². The van der Waals surface area contributed by atoms with Crippen molar-refractivity contribution in [2.24, 2.45) is 5.73 Å². The van der Waals surface area contributed by atoms with Crippen LogP contribution in [0.25, 0.3) is 0 Å². The predicted octanol–water partition coefficient (Wildman–Crippen LogP) is 0.327. The number of hydrogen-bond acceptors (Lipinski definition) is 4. The summed E-state index contributed by atoms with van der Waals surface area (Å²) in [6.45, 7) is 3.38. The van der Waals surface area contributed by atoms with E-state index in [0.29, 0.717) is 26.1 Å². The molecule has 0 heterocycles. The van der Waals surface area contributed by atoms with Gasteiger partial charge >= 0.3 is 0 Å². The molecule has 0 bridgehead atoms. The van der Waals surface area contributed by atoms with E-state index >= 15 is 0 Å². The molecule has 0 aliphatic heterocycles. The molecule has 0 fully saturated rings. The molecule has 0 spiro atoms. The van der Waals surface area contributed by atoms with Gasteiger partial charge < -0.3 is 15.7 Å². The number of rotatable bonds is 8. The Hall–Kier alpha value is -1.43. The summed E-state index contributed by atoms with van der Waals surface area (Å²) in [4.78, 5) is 15.2. The Morgan fingerprint density at radius 3 is 2.43 bits per heavy atom. The van der Waals surface area contributed by atoms with Gasteiger partial charge in [-0.05, 0) is 18.5 Å². The topological polar surface area (TPSA) is 69.8 Å². The number of likely N-dealkylation sites (N-methyl/N-ethyl adjacent to an activating group) is 2. The molecule has 0 aliphatic rings. The molecule has 0 radical (unpaired) electrons. The Balaban J connectivity index is 2.49. The monoisotopic (exact) mass is 293 g/mol. The van der Waals surface area contributed by atoms with E-state index in [2.05, 4.69) is 0 Å². The molecule has 2 atom stereocenters. The van der Waals surface area contributed by atoms with Gasteiger partial charge in [-0.25, -0.2) is 0 Å². The largest absolute Gasteiger partial charge is 0.390 e. The van der Waals surface area contributed by atoms with Crippen molar-refractivity contribution in [3.63, 3.8) is 0 Å². The van der Waals surface area contributed by atoms with Gasteiger partial charge in [0.2, 0.25) is 5.91 Å². The highest BCUT2D eigenvalue weighted by Crippen LogP contribution is 2.06. The second-order valence-corrected chi connectivity index (χ2v) is 5.54. The van der Waals surface area contributed by atoms with Crippen LogP contribution in [0, 0.1) is 0 Å². The molecule has 1 aromatic carbocycles. The van der Waals surface area contributed by atoms with E-state index < -0.39 is 6.10 Å².